The SMILES string of the molecule is O=C(/C=C1/C(O)=[NH+]c2ccccc21)c1ccccc1. The highest BCUT2D eigenvalue weighted by Crippen LogP contribution is 2.24. The highest BCUT2D eigenvalue weighted by molar-refractivity contribution is 6.25. The summed E-state index contributed by atoms with van der Waals surface area (Å²) in [6.45, 7) is 0. The molecule has 92 valence electrons. The van der Waals surface area contributed by atoms with Gasteiger partial charge in [-0.15, -0.1) is 0 Å². The lowest BCUT2D eigenvalue weighted by molar-refractivity contribution is -0.359. The summed E-state index contributed by atoms with van der Waals surface area (Å²) in [5.74, 6) is -0.105. The first-order valence-corrected chi connectivity index (χ1v) is 5.99. The minimum atomic E-state index is -0.124. The van der Waals surface area contributed by atoms with Crippen LogP contribution in [0.4, 0.5) is 5.69 Å². The molecule has 0 saturated carbocycles. The average Bonchev–Trinajstić information content (AvgIpc) is 2.76. The molecular formula is C16H12NO2+. The van der Waals surface area contributed by atoms with Crippen LogP contribution in [0.3, 0.4) is 0 Å². The summed E-state index contributed by atoms with van der Waals surface area (Å²) in [5.41, 5.74) is 2.79. The molecule has 0 radical (unpaired) electrons. The summed E-state index contributed by atoms with van der Waals surface area (Å²) in [7, 11) is 0. The van der Waals surface area contributed by atoms with Crippen molar-refractivity contribution in [2.45, 2.75) is 0 Å². The first kappa shape index (κ1) is 11.4. The molecule has 0 fully saturated rings. The van der Waals surface area contributed by atoms with Gasteiger partial charge >= 0.3 is 5.90 Å². The molecule has 0 spiro atoms. The summed E-state index contributed by atoms with van der Waals surface area (Å²) < 4.78 is 0. The van der Waals surface area contributed by atoms with Gasteiger partial charge in [0, 0.05) is 17.7 Å². The molecule has 0 aromatic heterocycles. The van der Waals surface area contributed by atoms with Gasteiger partial charge in [0.15, 0.2) is 5.78 Å². The fraction of sp³-hybridized carbons (Fsp3) is 0. The lowest BCUT2D eigenvalue weighted by Crippen LogP contribution is -2.63. The van der Waals surface area contributed by atoms with E-state index in [2.05, 4.69) is 4.99 Å². The summed E-state index contributed by atoms with van der Waals surface area (Å²) in [6, 6.07) is 16.5. The minimum Gasteiger partial charge on any atom is -0.459 e. The molecule has 0 atom stereocenters. The topological polar surface area (TPSA) is 51.3 Å². The largest absolute Gasteiger partial charge is 0.459 e. The van der Waals surface area contributed by atoms with E-state index >= 15 is 0 Å². The summed E-state index contributed by atoms with van der Waals surface area (Å²) in [5, 5.41) is 9.89. The first-order valence-electron chi connectivity index (χ1n) is 5.99. The van der Waals surface area contributed by atoms with Crippen LogP contribution in [0.1, 0.15) is 15.9 Å². The molecule has 1 heterocycles. The molecule has 0 unspecified atom stereocenters. The normalized spacial score (nSPS) is 15.2. The molecule has 0 amide bonds. The van der Waals surface area contributed by atoms with Crippen molar-refractivity contribution in [2.75, 3.05) is 0 Å². The van der Waals surface area contributed by atoms with E-state index in [1.807, 2.05) is 42.5 Å². The van der Waals surface area contributed by atoms with Crippen LogP contribution in [0, 0.1) is 0 Å². The number of benzene rings is 2. The van der Waals surface area contributed by atoms with Crippen molar-refractivity contribution >= 4 is 22.9 Å². The number of para-hydroxylation sites is 1. The van der Waals surface area contributed by atoms with Gasteiger partial charge in [0.1, 0.15) is 5.57 Å². The Morgan fingerprint density at radius 3 is 2.47 bits per heavy atom. The van der Waals surface area contributed by atoms with Crippen molar-refractivity contribution in [3.8, 4) is 0 Å². The van der Waals surface area contributed by atoms with Gasteiger partial charge in [0.2, 0.25) is 5.69 Å². The standard InChI is InChI=1S/C16H11NO2/c18-15(11-6-2-1-3-7-11)10-13-12-8-4-5-9-14(12)17-16(13)19/h1-10H,(H,17,19)/p+1/b13-10+. The van der Waals surface area contributed by atoms with Crippen molar-refractivity contribution < 1.29 is 14.9 Å². The Labute approximate surface area is 110 Å². The van der Waals surface area contributed by atoms with Crippen LogP contribution in [0.2, 0.25) is 0 Å². The quantitative estimate of drug-likeness (QED) is 0.629. The third-order valence-electron chi connectivity index (χ3n) is 3.06. The predicted octanol–water partition coefficient (Wildman–Crippen LogP) is 1.64. The Morgan fingerprint density at radius 1 is 1.00 bits per heavy atom. The van der Waals surface area contributed by atoms with Crippen molar-refractivity contribution in [1.29, 1.82) is 0 Å². The molecule has 3 rings (SSSR count). The maximum atomic E-state index is 12.1. The number of rotatable bonds is 2. The van der Waals surface area contributed by atoms with Gasteiger partial charge in [-0.25, -0.2) is 0 Å². The van der Waals surface area contributed by atoms with E-state index in [-0.39, 0.29) is 11.7 Å². The van der Waals surface area contributed by atoms with Gasteiger partial charge in [0.05, 0.1) is 5.56 Å². The Hall–Kier alpha value is -2.68. The summed E-state index contributed by atoms with van der Waals surface area (Å²) in [6.07, 6.45) is 1.46. The van der Waals surface area contributed by atoms with E-state index in [1.54, 1.807) is 12.1 Å². The molecule has 2 aromatic rings. The highest BCUT2D eigenvalue weighted by atomic mass is 16.3. The van der Waals surface area contributed by atoms with Crippen LogP contribution < -0.4 is 4.99 Å². The van der Waals surface area contributed by atoms with Crippen molar-refractivity contribution in [3.05, 3.63) is 71.8 Å². The predicted molar refractivity (Wildman–Crippen MR) is 73.5 cm³/mol. The molecule has 3 heteroatoms. The third-order valence-corrected chi connectivity index (χ3v) is 3.06. The zero-order valence-corrected chi connectivity index (χ0v) is 10.1. The van der Waals surface area contributed by atoms with Crippen LogP contribution in [-0.4, -0.2) is 16.8 Å². The molecule has 3 nitrogen and oxygen atoms in total. The second-order valence-corrected chi connectivity index (χ2v) is 4.31. The average molecular weight is 250 g/mol. The lowest BCUT2D eigenvalue weighted by Gasteiger charge is -1.97. The minimum absolute atomic E-state index is 0.0190. The lowest BCUT2D eigenvalue weighted by atomic mass is 10.0. The van der Waals surface area contributed by atoms with Gasteiger partial charge < -0.3 is 5.11 Å². The van der Waals surface area contributed by atoms with Crippen LogP contribution in [0.5, 0.6) is 0 Å². The molecule has 1 aliphatic rings. The van der Waals surface area contributed by atoms with E-state index in [1.165, 1.54) is 6.08 Å². The number of carbonyl (C=O) groups is 1. The van der Waals surface area contributed by atoms with Gasteiger partial charge in [-0.05, 0) is 6.07 Å². The van der Waals surface area contributed by atoms with E-state index in [0.29, 0.717) is 11.1 Å². The zero-order chi connectivity index (χ0) is 13.2. The van der Waals surface area contributed by atoms with Crippen LogP contribution in [0.15, 0.2) is 60.7 Å². The van der Waals surface area contributed by atoms with Gasteiger partial charge in [0.25, 0.3) is 0 Å². The Bertz CT molecular complexity index is 700. The number of carbonyl (C=O) groups excluding carboxylic acids is 1. The van der Waals surface area contributed by atoms with Crippen LogP contribution >= 0.6 is 0 Å². The molecule has 0 aliphatic carbocycles. The second-order valence-electron chi connectivity index (χ2n) is 4.31. The van der Waals surface area contributed by atoms with Crippen molar-refractivity contribution in [2.24, 2.45) is 0 Å². The van der Waals surface area contributed by atoms with Gasteiger partial charge in [-0.3, -0.25) is 4.79 Å². The summed E-state index contributed by atoms with van der Waals surface area (Å²) in [4.78, 5) is 15.0. The maximum Gasteiger partial charge on any atom is 0.372 e. The zero-order valence-electron chi connectivity index (χ0n) is 10.1. The molecule has 2 N–H and O–H groups in total. The van der Waals surface area contributed by atoms with E-state index in [4.69, 9.17) is 0 Å². The monoisotopic (exact) mass is 250 g/mol. The van der Waals surface area contributed by atoms with E-state index < -0.39 is 0 Å². The molecule has 0 saturated heterocycles. The Morgan fingerprint density at radius 2 is 1.68 bits per heavy atom. The number of nitrogens with one attached hydrogen (secondary N) is 1. The van der Waals surface area contributed by atoms with Crippen molar-refractivity contribution in [3.63, 3.8) is 0 Å². The molecule has 19 heavy (non-hydrogen) atoms. The summed E-state index contributed by atoms with van der Waals surface area (Å²) >= 11 is 0. The fourth-order valence-electron chi connectivity index (χ4n) is 2.11. The van der Waals surface area contributed by atoms with Crippen LogP contribution in [0.25, 0.3) is 5.57 Å². The number of aliphatic hydroxyl groups excluding tert-OH is 1. The number of ketones is 1. The Kier molecular flexibility index (Phi) is 2.72. The fourth-order valence-corrected chi connectivity index (χ4v) is 2.11. The molecule has 1 aliphatic heterocycles. The Balaban J connectivity index is 2.02. The number of allylic oxidation sites excluding steroid dienone is 1. The number of fused-ring (bicyclic) bond motifs is 1. The van der Waals surface area contributed by atoms with E-state index in [0.717, 1.165) is 11.3 Å². The molecule has 0 bridgehead atoms. The first-order chi connectivity index (χ1) is 9.25. The second kappa shape index (κ2) is 4.53. The smallest absolute Gasteiger partial charge is 0.372 e. The van der Waals surface area contributed by atoms with E-state index in [9.17, 15) is 9.90 Å². The molecular weight excluding hydrogens is 238 g/mol. The molecule has 2 aromatic carbocycles. The number of hydrogen-bond acceptors (Lipinski definition) is 1. The van der Waals surface area contributed by atoms with Gasteiger partial charge in [-0.2, -0.15) is 4.99 Å². The third kappa shape index (κ3) is 2.06. The van der Waals surface area contributed by atoms with Crippen molar-refractivity contribution in [1.82, 2.24) is 0 Å². The maximum absolute atomic E-state index is 12.1. The highest BCUT2D eigenvalue weighted by Gasteiger charge is 2.27. The van der Waals surface area contributed by atoms with Gasteiger partial charge in [-0.1, -0.05) is 42.5 Å². The van der Waals surface area contributed by atoms with Crippen LogP contribution in [-0.2, 0) is 0 Å². The number of hydrogen-bond donors (Lipinski definition) is 2. The number of aliphatic hydroxyl groups is 1.